The SMILES string of the molecule is C[C@]12CC[C@@H]3c4ccc(O)cc4CC[C@H]3[C@@H]1CC/C2=N\NC(=O)C[n+]1ccccc1.[Cl-]. The first kappa shape index (κ1) is 21.8. The van der Waals surface area contributed by atoms with E-state index in [-0.39, 0.29) is 30.3 Å². The first-order valence-corrected chi connectivity index (χ1v) is 11.2. The van der Waals surface area contributed by atoms with Crippen LogP contribution < -0.4 is 22.4 Å². The quantitative estimate of drug-likeness (QED) is 0.546. The highest BCUT2D eigenvalue weighted by Gasteiger charge is 2.53. The number of nitrogens with one attached hydrogen (secondary N) is 1. The van der Waals surface area contributed by atoms with Crippen molar-refractivity contribution >= 4 is 11.6 Å². The molecule has 1 amide bonds. The predicted octanol–water partition coefficient (Wildman–Crippen LogP) is 0.712. The smallest absolute Gasteiger partial charge is 0.305 e. The summed E-state index contributed by atoms with van der Waals surface area (Å²) in [5, 5.41) is 14.5. The number of phenolic OH excluding ortho intramolecular Hbond substituents is 1. The molecule has 0 unspecified atom stereocenters. The van der Waals surface area contributed by atoms with Gasteiger partial charge in [0.25, 0.3) is 0 Å². The van der Waals surface area contributed by atoms with Gasteiger partial charge in [-0.05, 0) is 79.5 Å². The monoisotopic (exact) mass is 439 g/mol. The Kier molecular flexibility index (Phi) is 6.07. The molecule has 0 spiro atoms. The number of aromatic nitrogens is 1. The van der Waals surface area contributed by atoms with Crippen LogP contribution in [0.2, 0.25) is 0 Å². The molecule has 1 aromatic heterocycles. The van der Waals surface area contributed by atoms with E-state index in [1.807, 2.05) is 47.3 Å². The Morgan fingerprint density at radius 1 is 1.19 bits per heavy atom. The normalized spacial score (nSPS) is 30.0. The molecule has 164 valence electrons. The number of benzene rings is 1. The third-order valence-corrected chi connectivity index (χ3v) is 7.87. The molecule has 4 atom stereocenters. The third-order valence-electron chi connectivity index (χ3n) is 7.87. The van der Waals surface area contributed by atoms with Crippen LogP contribution in [-0.2, 0) is 17.8 Å². The summed E-state index contributed by atoms with van der Waals surface area (Å²) in [4.78, 5) is 12.4. The van der Waals surface area contributed by atoms with Crippen LogP contribution in [0.3, 0.4) is 0 Å². The van der Waals surface area contributed by atoms with Gasteiger partial charge < -0.3 is 17.5 Å². The molecule has 3 aliphatic rings. The van der Waals surface area contributed by atoms with Crippen molar-refractivity contribution < 1.29 is 26.9 Å². The minimum absolute atomic E-state index is 0. The highest BCUT2D eigenvalue weighted by molar-refractivity contribution is 5.93. The molecule has 0 saturated heterocycles. The van der Waals surface area contributed by atoms with Gasteiger partial charge in [-0.25, -0.2) is 5.43 Å². The molecule has 6 heteroatoms. The lowest BCUT2D eigenvalue weighted by Gasteiger charge is -2.49. The van der Waals surface area contributed by atoms with Crippen molar-refractivity contribution in [3.63, 3.8) is 0 Å². The summed E-state index contributed by atoms with van der Waals surface area (Å²) in [5.74, 6) is 2.19. The maximum atomic E-state index is 12.4. The van der Waals surface area contributed by atoms with Crippen molar-refractivity contribution in [2.75, 3.05) is 0 Å². The second-order valence-corrected chi connectivity index (χ2v) is 9.43. The van der Waals surface area contributed by atoms with Crippen molar-refractivity contribution in [3.8, 4) is 5.75 Å². The van der Waals surface area contributed by atoms with Crippen LogP contribution in [0.4, 0.5) is 0 Å². The fourth-order valence-electron chi connectivity index (χ4n) is 6.41. The number of amides is 1. The minimum atomic E-state index is -0.0779. The number of hydrogen-bond donors (Lipinski definition) is 2. The van der Waals surface area contributed by atoms with Crippen molar-refractivity contribution in [3.05, 3.63) is 59.9 Å². The summed E-state index contributed by atoms with van der Waals surface area (Å²) < 4.78 is 1.86. The molecule has 0 radical (unpaired) electrons. The number of hydrazone groups is 1. The first-order chi connectivity index (χ1) is 14.5. The van der Waals surface area contributed by atoms with Crippen molar-refractivity contribution in [1.29, 1.82) is 0 Å². The number of carbonyl (C=O) groups excluding carboxylic acids is 1. The maximum absolute atomic E-state index is 12.4. The zero-order chi connectivity index (χ0) is 20.7. The molecule has 2 aromatic rings. The largest absolute Gasteiger partial charge is 1.00 e. The fourth-order valence-corrected chi connectivity index (χ4v) is 6.41. The highest BCUT2D eigenvalue weighted by atomic mass is 35.5. The molecular formula is C25H30ClN3O2. The fraction of sp³-hybridized carbons (Fsp3) is 0.480. The zero-order valence-electron chi connectivity index (χ0n) is 17.9. The summed E-state index contributed by atoms with van der Waals surface area (Å²) in [6.07, 6.45) is 10.4. The number of nitrogens with zero attached hydrogens (tertiary/aromatic N) is 2. The summed E-state index contributed by atoms with van der Waals surface area (Å²) in [5.41, 5.74) is 6.87. The molecule has 1 aromatic carbocycles. The molecule has 3 aliphatic carbocycles. The van der Waals surface area contributed by atoms with Crippen LogP contribution in [0.1, 0.15) is 56.1 Å². The highest BCUT2D eigenvalue weighted by Crippen LogP contribution is 2.59. The Balaban J connectivity index is 0.00000231. The Morgan fingerprint density at radius 3 is 2.81 bits per heavy atom. The second kappa shape index (κ2) is 8.62. The van der Waals surface area contributed by atoms with Gasteiger partial charge in [0.2, 0.25) is 6.54 Å². The van der Waals surface area contributed by atoms with Crippen molar-refractivity contribution in [2.45, 2.75) is 57.9 Å². The third kappa shape index (κ3) is 3.96. The molecule has 0 aliphatic heterocycles. The van der Waals surface area contributed by atoms with Gasteiger partial charge in [0.15, 0.2) is 12.4 Å². The van der Waals surface area contributed by atoms with Crippen LogP contribution in [0.15, 0.2) is 53.9 Å². The van der Waals surface area contributed by atoms with Crippen LogP contribution >= 0.6 is 0 Å². The summed E-state index contributed by atoms with van der Waals surface area (Å²) in [7, 11) is 0. The van der Waals surface area contributed by atoms with Gasteiger partial charge in [-0.2, -0.15) is 9.67 Å². The van der Waals surface area contributed by atoms with Crippen LogP contribution in [0.5, 0.6) is 5.75 Å². The van der Waals surface area contributed by atoms with E-state index in [1.54, 1.807) is 0 Å². The predicted molar refractivity (Wildman–Crippen MR) is 115 cm³/mol. The number of aromatic hydroxyl groups is 1. The lowest BCUT2D eigenvalue weighted by molar-refractivity contribution is -0.684. The molecule has 31 heavy (non-hydrogen) atoms. The topological polar surface area (TPSA) is 65.6 Å². The molecule has 1 heterocycles. The number of phenols is 1. The number of fused-ring (bicyclic) bond motifs is 5. The van der Waals surface area contributed by atoms with Gasteiger partial charge in [-0.1, -0.05) is 19.1 Å². The number of aryl methyl sites for hydroxylation is 1. The van der Waals surface area contributed by atoms with E-state index in [4.69, 9.17) is 0 Å². The van der Waals surface area contributed by atoms with Gasteiger partial charge >= 0.3 is 5.91 Å². The lowest BCUT2D eigenvalue weighted by Crippen LogP contribution is -3.00. The van der Waals surface area contributed by atoms with Gasteiger partial charge in [-0.3, -0.25) is 4.79 Å². The average molecular weight is 440 g/mol. The molecule has 2 fully saturated rings. The summed E-state index contributed by atoms with van der Waals surface area (Å²) in [6.45, 7) is 2.65. The van der Waals surface area contributed by atoms with E-state index >= 15 is 0 Å². The van der Waals surface area contributed by atoms with E-state index in [0.29, 0.717) is 23.5 Å². The maximum Gasteiger partial charge on any atom is 0.305 e. The minimum Gasteiger partial charge on any atom is -1.00 e. The Morgan fingerprint density at radius 2 is 2.00 bits per heavy atom. The summed E-state index contributed by atoms with van der Waals surface area (Å²) in [6, 6.07) is 11.7. The summed E-state index contributed by atoms with van der Waals surface area (Å²) >= 11 is 0. The van der Waals surface area contributed by atoms with E-state index in [0.717, 1.165) is 32.1 Å². The van der Waals surface area contributed by atoms with Gasteiger partial charge in [0.05, 0.1) is 0 Å². The lowest BCUT2D eigenvalue weighted by atomic mass is 9.55. The zero-order valence-corrected chi connectivity index (χ0v) is 18.7. The number of pyridine rings is 1. The number of hydrogen-bond acceptors (Lipinski definition) is 3. The Labute approximate surface area is 190 Å². The van der Waals surface area contributed by atoms with Gasteiger partial charge in [0.1, 0.15) is 5.75 Å². The van der Waals surface area contributed by atoms with Crippen LogP contribution in [0, 0.1) is 17.3 Å². The van der Waals surface area contributed by atoms with Crippen LogP contribution in [0.25, 0.3) is 0 Å². The van der Waals surface area contributed by atoms with E-state index < -0.39 is 0 Å². The molecule has 5 rings (SSSR count). The van der Waals surface area contributed by atoms with E-state index in [9.17, 15) is 9.90 Å². The van der Waals surface area contributed by atoms with Crippen molar-refractivity contribution in [2.24, 2.45) is 22.4 Å². The molecule has 0 bridgehead atoms. The van der Waals surface area contributed by atoms with Gasteiger partial charge in [-0.15, -0.1) is 0 Å². The van der Waals surface area contributed by atoms with Crippen LogP contribution in [-0.4, -0.2) is 16.7 Å². The number of carbonyl (C=O) groups is 1. The van der Waals surface area contributed by atoms with Gasteiger partial charge in [0, 0.05) is 23.3 Å². The standard InChI is InChI=1S/C25H29N3O2.ClH/c1-25-12-11-20-19-8-6-18(29)15-17(19)5-7-21(20)22(25)9-10-23(25)26-27-24(30)16-28-13-3-2-4-14-28;/h2-4,6,8,13-15,20-22H,5,7,9-12,16H2,1H3,(H-,27,29,30);1H/b26-23+;/t20-,21-,22+,25+;/m1./s1. The number of halogens is 1. The molecule has 5 nitrogen and oxygen atoms in total. The number of rotatable bonds is 3. The molecule has 2 saturated carbocycles. The second-order valence-electron chi connectivity index (χ2n) is 9.43. The van der Waals surface area contributed by atoms with E-state index in [1.165, 1.54) is 23.3 Å². The van der Waals surface area contributed by atoms with E-state index in [2.05, 4.69) is 23.5 Å². The average Bonchev–Trinajstić information content (AvgIpc) is 3.09. The Hall–Kier alpha value is -2.40. The van der Waals surface area contributed by atoms with Crippen molar-refractivity contribution in [1.82, 2.24) is 5.43 Å². The molecular weight excluding hydrogens is 410 g/mol. The molecule has 2 N–H and O–H groups in total. The Bertz CT molecular complexity index is 994. The first-order valence-electron chi connectivity index (χ1n) is 11.2.